The number of rotatable bonds is 11. The summed E-state index contributed by atoms with van der Waals surface area (Å²) in [6.07, 6.45) is 8.97. The van der Waals surface area contributed by atoms with E-state index in [2.05, 4.69) is 329 Å². The van der Waals surface area contributed by atoms with E-state index in [1.807, 2.05) is 0 Å². The lowest BCUT2D eigenvalue weighted by molar-refractivity contribution is 0.660. The maximum atomic E-state index is 2.41. The number of anilines is 6. The summed E-state index contributed by atoms with van der Waals surface area (Å²) in [5, 5.41) is 4.95. The molecule has 12 aromatic rings. The molecule has 12 aromatic carbocycles. The number of fused-ring (bicyclic) bond motifs is 8. The molecule has 2 aliphatic carbocycles. The van der Waals surface area contributed by atoms with Crippen LogP contribution in [0.15, 0.2) is 267 Å². The molecule has 0 atom stereocenters. The van der Waals surface area contributed by atoms with Gasteiger partial charge in [-0.2, -0.15) is 0 Å². The summed E-state index contributed by atoms with van der Waals surface area (Å²) in [5.74, 6) is 0. The van der Waals surface area contributed by atoms with E-state index in [1.165, 1.54) is 99.4 Å². The van der Waals surface area contributed by atoms with Crippen molar-refractivity contribution in [2.45, 2.75) is 38.5 Å². The van der Waals surface area contributed by atoms with Gasteiger partial charge in [0.25, 0.3) is 0 Å². The molecule has 0 N–H and O–H groups in total. The van der Waals surface area contributed by atoms with Crippen molar-refractivity contribution in [3.8, 4) is 33.4 Å². The van der Waals surface area contributed by atoms with E-state index in [1.54, 1.807) is 0 Å². The van der Waals surface area contributed by atoms with Crippen LogP contribution in [-0.4, -0.2) is 0 Å². The van der Waals surface area contributed by atoms with Gasteiger partial charge < -0.3 is 9.80 Å². The molecule has 2 aliphatic rings. The molecule has 2 heteroatoms. The molecule has 0 spiro atoms. The first-order chi connectivity index (χ1) is 39.1. The van der Waals surface area contributed by atoms with Crippen LogP contribution in [0.4, 0.5) is 34.1 Å². The maximum Gasteiger partial charge on any atom is 0.0468 e. The summed E-state index contributed by atoms with van der Waals surface area (Å²) in [4.78, 5) is 4.77. The van der Waals surface area contributed by atoms with Crippen LogP contribution in [0.1, 0.15) is 72.2 Å². The molecule has 0 saturated carbocycles. The predicted octanol–water partition coefficient (Wildman–Crippen LogP) is 21.6. The highest BCUT2D eigenvalue weighted by Crippen LogP contribution is 2.53. The van der Waals surface area contributed by atoms with Crippen LogP contribution in [0, 0.1) is 0 Å². The van der Waals surface area contributed by atoms with Gasteiger partial charge in [0.05, 0.1) is 0 Å². The van der Waals surface area contributed by atoms with Gasteiger partial charge in [-0.05, 0) is 172 Å². The summed E-state index contributed by atoms with van der Waals surface area (Å²) in [7, 11) is 0. The topological polar surface area (TPSA) is 6.48 Å². The summed E-state index contributed by atoms with van der Waals surface area (Å²) in [6, 6.07) is 98.0. The second kappa shape index (κ2) is 19.6. The molecule has 0 bridgehead atoms. The molecule has 80 heavy (non-hydrogen) atoms. The minimum atomic E-state index is -0.173. The highest BCUT2D eigenvalue weighted by atomic mass is 15.1. The Hall–Kier alpha value is -9.76. The Morgan fingerprint density at radius 1 is 0.237 bits per heavy atom. The average Bonchev–Trinajstić information content (AvgIpc) is 4.03. The van der Waals surface area contributed by atoms with Crippen molar-refractivity contribution < 1.29 is 0 Å². The fourth-order valence-corrected chi connectivity index (χ4v) is 12.6. The van der Waals surface area contributed by atoms with Gasteiger partial charge in [-0.1, -0.05) is 246 Å². The predicted molar refractivity (Wildman–Crippen MR) is 342 cm³/mol. The van der Waals surface area contributed by atoms with Crippen LogP contribution in [0.5, 0.6) is 0 Å². The summed E-state index contributed by atoms with van der Waals surface area (Å²) >= 11 is 0. The van der Waals surface area contributed by atoms with Crippen molar-refractivity contribution in [1.29, 1.82) is 0 Å². The normalized spacial score (nSPS) is 13.6. The van der Waals surface area contributed by atoms with E-state index in [0.717, 1.165) is 34.1 Å². The largest absolute Gasteiger partial charge is 0.310 e. The van der Waals surface area contributed by atoms with Gasteiger partial charge >= 0.3 is 0 Å². The minimum absolute atomic E-state index is 0.173. The SMILES string of the molecule is CC1(C)c2cc(/C=C/c3ccc(-c4ccc(/C=C/c5ccc6c(c5)C(C)(C)c5cc(N(c7ccccc7)c7ccc8ccccc8c7)ccc5-6)cc4)cc3)ccc2-c2ccc(N(c3ccccc3)c3ccc4ccccc4c3)cc21. The molecule has 0 fully saturated rings. The van der Waals surface area contributed by atoms with Crippen molar-refractivity contribution in [3.05, 3.63) is 311 Å². The summed E-state index contributed by atoms with van der Waals surface area (Å²) < 4.78 is 0. The molecular weight excluding hydrogens is 965 g/mol. The summed E-state index contributed by atoms with van der Waals surface area (Å²) in [6.45, 7) is 9.48. The van der Waals surface area contributed by atoms with Crippen LogP contribution < -0.4 is 9.80 Å². The second-order valence-electron chi connectivity index (χ2n) is 22.6. The lowest BCUT2D eigenvalue weighted by Crippen LogP contribution is -2.16. The number of benzene rings is 12. The third-order valence-corrected chi connectivity index (χ3v) is 17.0. The lowest BCUT2D eigenvalue weighted by atomic mass is 9.81. The van der Waals surface area contributed by atoms with Gasteiger partial charge in [0.15, 0.2) is 0 Å². The van der Waals surface area contributed by atoms with Crippen LogP contribution in [-0.2, 0) is 10.8 Å². The highest BCUT2D eigenvalue weighted by molar-refractivity contribution is 5.93. The number of nitrogens with zero attached hydrogens (tertiary/aromatic N) is 2. The van der Waals surface area contributed by atoms with Crippen molar-refractivity contribution in [2.24, 2.45) is 0 Å². The molecule has 0 amide bonds. The van der Waals surface area contributed by atoms with E-state index in [0.29, 0.717) is 0 Å². The fourth-order valence-electron chi connectivity index (χ4n) is 12.6. The van der Waals surface area contributed by atoms with Gasteiger partial charge in [-0.15, -0.1) is 0 Å². The van der Waals surface area contributed by atoms with Crippen LogP contribution >= 0.6 is 0 Å². The molecular formula is C78H60N2. The van der Waals surface area contributed by atoms with E-state index < -0.39 is 0 Å². The lowest BCUT2D eigenvalue weighted by Gasteiger charge is -2.28. The monoisotopic (exact) mass is 1020 g/mol. The minimum Gasteiger partial charge on any atom is -0.310 e. The first kappa shape index (κ1) is 48.6. The van der Waals surface area contributed by atoms with E-state index in [9.17, 15) is 0 Å². The Labute approximate surface area is 470 Å². The molecule has 0 aromatic heterocycles. The standard InChI is InChI=1S/C78H60N2/c1-77(2)73-47-55(31-43-69(73)71-45-41-67(51-75(71)77)79(63-19-7-5-8-20-63)65-39-37-57-15-11-13-17-61(57)49-65)25-23-53-27-33-59(34-28-53)60-35-29-54(30-36-60)24-26-56-32-44-70-72-46-42-68(52-76(72)78(3,4)74(70)48-56)80(64-21-9-6-10-22-64)66-40-38-58-16-12-14-18-62(58)50-66/h5-52H,1-4H3/b25-23+,26-24+. The van der Waals surface area contributed by atoms with Gasteiger partial charge in [-0.25, -0.2) is 0 Å². The Balaban J connectivity index is 0.655. The third kappa shape index (κ3) is 8.71. The summed E-state index contributed by atoms with van der Waals surface area (Å²) in [5.41, 5.74) is 24.4. The quantitative estimate of drug-likeness (QED) is 0.119. The molecule has 14 rings (SSSR count). The van der Waals surface area contributed by atoms with Crippen molar-refractivity contribution in [2.75, 3.05) is 9.80 Å². The van der Waals surface area contributed by atoms with E-state index in [4.69, 9.17) is 0 Å². The Morgan fingerprint density at radius 3 is 0.938 bits per heavy atom. The number of para-hydroxylation sites is 2. The first-order valence-corrected chi connectivity index (χ1v) is 28.0. The van der Waals surface area contributed by atoms with Crippen LogP contribution in [0.25, 0.3) is 79.2 Å². The number of hydrogen-bond acceptors (Lipinski definition) is 2. The van der Waals surface area contributed by atoms with Crippen LogP contribution in [0.2, 0.25) is 0 Å². The van der Waals surface area contributed by atoms with E-state index >= 15 is 0 Å². The zero-order chi connectivity index (χ0) is 54.0. The van der Waals surface area contributed by atoms with Crippen molar-refractivity contribution in [3.63, 3.8) is 0 Å². The third-order valence-electron chi connectivity index (χ3n) is 17.0. The highest BCUT2D eigenvalue weighted by Gasteiger charge is 2.38. The Kier molecular flexibility index (Phi) is 11.9. The smallest absolute Gasteiger partial charge is 0.0468 e. The molecule has 0 unspecified atom stereocenters. The average molecular weight is 1030 g/mol. The van der Waals surface area contributed by atoms with Crippen molar-refractivity contribution in [1.82, 2.24) is 0 Å². The molecule has 0 radical (unpaired) electrons. The molecule has 0 aliphatic heterocycles. The van der Waals surface area contributed by atoms with Crippen molar-refractivity contribution >= 4 is 80.0 Å². The number of hydrogen-bond donors (Lipinski definition) is 0. The van der Waals surface area contributed by atoms with E-state index in [-0.39, 0.29) is 10.8 Å². The zero-order valence-electron chi connectivity index (χ0n) is 45.6. The van der Waals surface area contributed by atoms with Gasteiger partial charge in [0.2, 0.25) is 0 Å². The second-order valence-corrected chi connectivity index (χ2v) is 22.6. The van der Waals surface area contributed by atoms with Gasteiger partial charge in [0, 0.05) is 45.0 Å². The van der Waals surface area contributed by atoms with Gasteiger partial charge in [-0.3, -0.25) is 0 Å². The molecule has 382 valence electrons. The van der Waals surface area contributed by atoms with Crippen LogP contribution in [0.3, 0.4) is 0 Å². The first-order valence-electron chi connectivity index (χ1n) is 28.0. The Bertz CT molecular complexity index is 4100. The van der Waals surface area contributed by atoms with Gasteiger partial charge in [0.1, 0.15) is 0 Å². The molecule has 0 saturated heterocycles. The molecule has 0 heterocycles. The maximum absolute atomic E-state index is 2.41. The molecule has 2 nitrogen and oxygen atoms in total. The fraction of sp³-hybridized carbons (Fsp3) is 0.0769. The Morgan fingerprint density at radius 2 is 0.537 bits per heavy atom. The zero-order valence-corrected chi connectivity index (χ0v) is 45.6.